The van der Waals surface area contributed by atoms with E-state index in [1.807, 2.05) is 27.7 Å². The number of likely N-dealkylation sites (tertiary alicyclic amines) is 1. The van der Waals surface area contributed by atoms with Crippen molar-refractivity contribution >= 4 is 41.0 Å². The highest BCUT2D eigenvalue weighted by atomic mass is 16.6. The number of nitrogens with one attached hydrogen (secondary N) is 2. The first-order chi connectivity index (χ1) is 23.0. The number of rotatable bonds is 11. The fourth-order valence-electron chi connectivity index (χ4n) is 6.66. The molecule has 2 aliphatic heterocycles. The van der Waals surface area contributed by atoms with E-state index < -0.39 is 5.60 Å². The molecule has 1 aromatic carbocycles. The van der Waals surface area contributed by atoms with Crippen molar-refractivity contribution in [3.63, 3.8) is 0 Å². The number of hydrogen-bond acceptors (Lipinski definition) is 10. The van der Waals surface area contributed by atoms with Gasteiger partial charge in [0.15, 0.2) is 5.82 Å². The minimum Gasteiger partial charge on any atom is -0.495 e. The lowest BCUT2D eigenvalue weighted by Crippen LogP contribution is -2.55. The molecule has 0 unspecified atom stereocenters. The molecule has 1 saturated carbocycles. The number of fused-ring (bicyclic) bond motifs is 1. The molecule has 13 heteroatoms. The minimum atomic E-state index is -0.506. The number of benzene rings is 1. The van der Waals surface area contributed by atoms with Crippen LogP contribution in [-0.4, -0.2) is 97.0 Å². The second kappa shape index (κ2) is 15.4. The number of amides is 3. The molecule has 0 bridgehead atoms. The lowest BCUT2D eigenvalue weighted by atomic mass is 10.0. The highest BCUT2D eigenvalue weighted by Crippen LogP contribution is 2.40. The second-order valence-electron chi connectivity index (χ2n) is 13.8. The first kappa shape index (κ1) is 35.2. The number of nitrogens with zero attached hydrogens (tertiary/aromatic N) is 5. The first-order valence-corrected chi connectivity index (χ1v) is 17.2. The lowest BCUT2D eigenvalue weighted by Gasteiger charge is -2.43. The SMILES string of the molecule is CC[C@@H]1C(=O)N(C)c2cnc(Nc3ccc(C(=O)NCCCOC4CCN(C(=O)OC(C)(C)C)CC4)cc3OC)nc2N1C1CCCC1. The average Bonchev–Trinajstić information content (AvgIpc) is 3.60. The molecule has 1 aromatic heterocycles. The maximum atomic E-state index is 13.2. The molecule has 48 heavy (non-hydrogen) atoms. The van der Waals surface area contributed by atoms with Crippen LogP contribution in [0.25, 0.3) is 0 Å². The quantitative estimate of drug-likeness (QED) is 0.305. The van der Waals surface area contributed by atoms with Gasteiger partial charge in [-0.3, -0.25) is 9.59 Å². The number of ether oxygens (including phenoxy) is 3. The molecule has 0 radical (unpaired) electrons. The van der Waals surface area contributed by atoms with Crippen molar-refractivity contribution in [1.82, 2.24) is 20.2 Å². The summed E-state index contributed by atoms with van der Waals surface area (Å²) in [5, 5.41) is 6.22. The van der Waals surface area contributed by atoms with Gasteiger partial charge in [0.1, 0.15) is 23.1 Å². The molecule has 5 rings (SSSR count). The number of carbonyl (C=O) groups excluding carboxylic acids is 3. The predicted octanol–water partition coefficient (Wildman–Crippen LogP) is 5.27. The molecule has 13 nitrogen and oxygen atoms in total. The van der Waals surface area contributed by atoms with E-state index in [2.05, 4.69) is 20.5 Å². The number of piperidine rings is 1. The third-order valence-corrected chi connectivity index (χ3v) is 9.18. The Hall–Kier alpha value is -4.13. The lowest BCUT2D eigenvalue weighted by molar-refractivity contribution is -0.120. The van der Waals surface area contributed by atoms with Crippen LogP contribution < -0.4 is 25.2 Å². The second-order valence-corrected chi connectivity index (χ2v) is 13.8. The third kappa shape index (κ3) is 8.29. The first-order valence-electron chi connectivity index (χ1n) is 17.2. The van der Waals surface area contributed by atoms with E-state index in [4.69, 9.17) is 19.2 Å². The van der Waals surface area contributed by atoms with Crippen molar-refractivity contribution in [1.29, 1.82) is 0 Å². The van der Waals surface area contributed by atoms with Gasteiger partial charge < -0.3 is 39.5 Å². The summed E-state index contributed by atoms with van der Waals surface area (Å²) in [6, 6.07) is 5.23. The molecule has 1 atom stereocenters. The molecular formula is C35H51N7O6. The van der Waals surface area contributed by atoms with E-state index >= 15 is 0 Å². The Morgan fingerprint density at radius 2 is 1.81 bits per heavy atom. The highest BCUT2D eigenvalue weighted by molar-refractivity contribution is 6.04. The number of methoxy groups -OCH3 is 1. The number of aromatic nitrogens is 2. The van der Waals surface area contributed by atoms with E-state index in [1.54, 1.807) is 48.4 Å². The summed E-state index contributed by atoms with van der Waals surface area (Å²) in [7, 11) is 3.34. The van der Waals surface area contributed by atoms with Gasteiger partial charge in [-0.2, -0.15) is 4.98 Å². The Morgan fingerprint density at radius 1 is 1.08 bits per heavy atom. The molecule has 3 heterocycles. The zero-order valence-corrected chi connectivity index (χ0v) is 29.2. The summed E-state index contributed by atoms with van der Waals surface area (Å²) in [4.78, 5) is 53.5. The minimum absolute atomic E-state index is 0.0710. The van der Waals surface area contributed by atoms with E-state index in [0.29, 0.717) is 67.7 Å². The zero-order valence-electron chi connectivity index (χ0n) is 29.2. The predicted molar refractivity (Wildman–Crippen MR) is 184 cm³/mol. The molecule has 262 valence electrons. The van der Waals surface area contributed by atoms with Crippen LogP contribution in [0, 0.1) is 0 Å². The van der Waals surface area contributed by atoms with E-state index in [-0.39, 0.29) is 36.1 Å². The van der Waals surface area contributed by atoms with Gasteiger partial charge in [0.05, 0.1) is 25.1 Å². The monoisotopic (exact) mass is 665 g/mol. The van der Waals surface area contributed by atoms with Crippen molar-refractivity contribution in [2.45, 2.75) is 103 Å². The highest BCUT2D eigenvalue weighted by Gasteiger charge is 2.41. The molecule has 3 aliphatic rings. The summed E-state index contributed by atoms with van der Waals surface area (Å²) in [6.45, 7) is 9.84. The molecular weight excluding hydrogens is 614 g/mol. The Labute approximate surface area is 283 Å². The standard InChI is InChI=1S/C35H51N7O6/c1-7-27-32(44)40(5)28-22-37-33(39-30(28)42(27)24-11-8-9-12-24)38-26-14-13-23(21-29(26)46-6)31(43)36-17-10-20-47-25-15-18-41(19-16-25)34(45)48-35(2,3)4/h13-14,21-22,24-25,27H,7-12,15-20H2,1-6H3,(H,36,43)(H,37,38,39)/t27-/m1/s1. The molecule has 2 fully saturated rings. The van der Waals surface area contributed by atoms with Crippen molar-refractivity contribution in [2.24, 2.45) is 0 Å². The van der Waals surface area contributed by atoms with Crippen LogP contribution in [0.4, 0.5) is 27.9 Å². The number of anilines is 4. The van der Waals surface area contributed by atoms with Crippen LogP contribution in [0.3, 0.4) is 0 Å². The van der Waals surface area contributed by atoms with Crippen LogP contribution in [0.15, 0.2) is 24.4 Å². The molecule has 1 saturated heterocycles. The molecule has 3 amide bonds. The summed E-state index contributed by atoms with van der Waals surface area (Å²) in [6.07, 6.45) is 8.78. The topological polar surface area (TPSA) is 138 Å². The summed E-state index contributed by atoms with van der Waals surface area (Å²) in [5.74, 6) is 1.50. The largest absolute Gasteiger partial charge is 0.495 e. The van der Waals surface area contributed by atoms with Gasteiger partial charge in [-0.15, -0.1) is 0 Å². The number of hydrogen-bond donors (Lipinski definition) is 2. The smallest absolute Gasteiger partial charge is 0.410 e. The van der Waals surface area contributed by atoms with Gasteiger partial charge >= 0.3 is 6.09 Å². The van der Waals surface area contributed by atoms with E-state index in [1.165, 1.54) is 0 Å². The average molecular weight is 666 g/mol. The third-order valence-electron chi connectivity index (χ3n) is 9.18. The van der Waals surface area contributed by atoms with Crippen molar-refractivity contribution in [2.75, 3.05) is 55.5 Å². The Balaban J connectivity index is 1.13. The van der Waals surface area contributed by atoms with Crippen LogP contribution in [0.1, 0.15) is 89.4 Å². The van der Waals surface area contributed by atoms with Gasteiger partial charge in [-0.05, 0) is 77.5 Å². The fourth-order valence-corrected chi connectivity index (χ4v) is 6.66. The van der Waals surface area contributed by atoms with Crippen molar-refractivity contribution in [3.05, 3.63) is 30.0 Å². The molecule has 2 N–H and O–H groups in total. The summed E-state index contributed by atoms with van der Waals surface area (Å²) >= 11 is 0. The Kier molecular flexibility index (Phi) is 11.3. The van der Waals surface area contributed by atoms with E-state index in [0.717, 1.165) is 44.3 Å². The fraction of sp³-hybridized carbons (Fsp3) is 0.629. The van der Waals surface area contributed by atoms with Gasteiger partial charge in [-0.25, -0.2) is 9.78 Å². The molecule has 1 aliphatic carbocycles. The van der Waals surface area contributed by atoms with E-state index in [9.17, 15) is 14.4 Å². The van der Waals surface area contributed by atoms with Gasteiger partial charge in [0, 0.05) is 44.9 Å². The summed E-state index contributed by atoms with van der Waals surface area (Å²) < 4.78 is 17.1. The van der Waals surface area contributed by atoms with Crippen molar-refractivity contribution < 1.29 is 28.6 Å². The van der Waals surface area contributed by atoms with Crippen LogP contribution in [0.2, 0.25) is 0 Å². The number of likely N-dealkylation sites (N-methyl/N-ethyl adjacent to an activating group) is 1. The maximum Gasteiger partial charge on any atom is 0.410 e. The van der Waals surface area contributed by atoms with Crippen LogP contribution >= 0.6 is 0 Å². The summed E-state index contributed by atoms with van der Waals surface area (Å²) in [5.41, 5.74) is 1.29. The molecule has 0 spiro atoms. The van der Waals surface area contributed by atoms with Crippen LogP contribution in [-0.2, 0) is 14.3 Å². The van der Waals surface area contributed by atoms with Gasteiger partial charge in [-0.1, -0.05) is 19.8 Å². The van der Waals surface area contributed by atoms with Crippen LogP contribution in [0.5, 0.6) is 5.75 Å². The zero-order chi connectivity index (χ0) is 34.4. The number of carbonyl (C=O) groups is 3. The van der Waals surface area contributed by atoms with Gasteiger partial charge in [0.25, 0.3) is 5.91 Å². The van der Waals surface area contributed by atoms with Crippen molar-refractivity contribution in [3.8, 4) is 5.75 Å². The normalized spacial score (nSPS) is 18.9. The van der Waals surface area contributed by atoms with Gasteiger partial charge in [0.2, 0.25) is 11.9 Å². The maximum absolute atomic E-state index is 13.2. The molecule has 2 aromatic rings. The Morgan fingerprint density at radius 3 is 2.48 bits per heavy atom. The Bertz CT molecular complexity index is 1450.